The van der Waals surface area contributed by atoms with Gasteiger partial charge < -0.3 is 24.3 Å². The molecule has 0 saturated heterocycles. The van der Waals surface area contributed by atoms with Gasteiger partial charge in [-0.2, -0.15) is 0 Å². The lowest BCUT2D eigenvalue weighted by Crippen LogP contribution is -2.19. The number of amides is 1. The number of carbonyl (C=O) groups is 1. The number of rotatable bonds is 5. The summed E-state index contributed by atoms with van der Waals surface area (Å²) in [4.78, 5) is 12.7. The maximum Gasteiger partial charge on any atom is 0.231 e. The first-order valence-corrected chi connectivity index (χ1v) is 9.19. The van der Waals surface area contributed by atoms with E-state index in [4.69, 9.17) is 18.9 Å². The average Bonchev–Trinajstić information content (AvgIpc) is 3.13. The highest BCUT2D eigenvalue weighted by atomic mass is 16.7. The Kier molecular flexibility index (Phi) is 4.79. The summed E-state index contributed by atoms with van der Waals surface area (Å²) in [6.07, 6.45) is 0.381. The van der Waals surface area contributed by atoms with Crippen LogP contribution in [-0.2, 0) is 4.79 Å². The summed E-state index contributed by atoms with van der Waals surface area (Å²) in [6, 6.07) is 11.3. The van der Waals surface area contributed by atoms with Crippen LogP contribution in [0.4, 0.5) is 5.69 Å². The molecule has 1 N–H and O–H groups in total. The second-order valence-corrected chi connectivity index (χ2v) is 7.07. The number of ether oxygens (including phenoxy) is 4. The van der Waals surface area contributed by atoms with Crippen LogP contribution in [0.3, 0.4) is 0 Å². The summed E-state index contributed by atoms with van der Waals surface area (Å²) < 4.78 is 21.9. The summed E-state index contributed by atoms with van der Waals surface area (Å²) in [7, 11) is 0. The number of anilines is 1. The predicted octanol–water partition coefficient (Wildman–Crippen LogP) is 3.95. The molecule has 0 spiro atoms. The monoisotopic (exact) mass is 369 g/mol. The van der Waals surface area contributed by atoms with Gasteiger partial charge in [0.1, 0.15) is 13.2 Å². The molecule has 6 heteroatoms. The van der Waals surface area contributed by atoms with Crippen LogP contribution in [0.2, 0.25) is 0 Å². The fraction of sp³-hybridized carbons (Fsp3) is 0.381. The Morgan fingerprint density at radius 3 is 2.41 bits per heavy atom. The molecule has 27 heavy (non-hydrogen) atoms. The second-order valence-electron chi connectivity index (χ2n) is 7.07. The van der Waals surface area contributed by atoms with Gasteiger partial charge in [-0.3, -0.25) is 4.79 Å². The van der Waals surface area contributed by atoms with Gasteiger partial charge in [0.05, 0.1) is 0 Å². The van der Waals surface area contributed by atoms with E-state index in [1.165, 1.54) is 0 Å². The highest BCUT2D eigenvalue weighted by Gasteiger charge is 2.23. The number of hydrogen-bond acceptors (Lipinski definition) is 5. The average molecular weight is 369 g/mol. The van der Waals surface area contributed by atoms with Gasteiger partial charge in [0, 0.05) is 18.2 Å². The van der Waals surface area contributed by atoms with Crippen molar-refractivity contribution in [2.45, 2.75) is 26.2 Å². The Bertz CT molecular complexity index is 848. The third-order valence-electron chi connectivity index (χ3n) is 4.86. The van der Waals surface area contributed by atoms with E-state index in [2.05, 4.69) is 19.2 Å². The number of carbonyl (C=O) groups excluding carboxylic acids is 1. The molecule has 0 saturated carbocycles. The van der Waals surface area contributed by atoms with Gasteiger partial charge in [-0.15, -0.1) is 0 Å². The molecule has 2 aromatic carbocycles. The maximum atomic E-state index is 12.7. The van der Waals surface area contributed by atoms with Crippen LogP contribution in [0.15, 0.2) is 36.4 Å². The molecule has 1 amide bonds. The van der Waals surface area contributed by atoms with Crippen LogP contribution < -0.4 is 24.3 Å². The highest BCUT2D eigenvalue weighted by Crippen LogP contribution is 2.37. The predicted molar refractivity (Wildman–Crippen MR) is 101 cm³/mol. The molecule has 0 aliphatic carbocycles. The first-order valence-electron chi connectivity index (χ1n) is 9.19. The van der Waals surface area contributed by atoms with E-state index in [1.807, 2.05) is 24.3 Å². The van der Waals surface area contributed by atoms with Gasteiger partial charge in [0.15, 0.2) is 23.0 Å². The fourth-order valence-corrected chi connectivity index (χ4v) is 3.42. The van der Waals surface area contributed by atoms with Crippen LogP contribution in [0.25, 0.3) is 0 Å². The van der Waals surface area contributed by atoms with Crippen LogP contribution in [0.1, 0.15) is 31.7 Å². The minimum atomic E-state index is -0.0394. The normalized spacial score (nSPS) is 15.5. The number of fused-ring (bicyclic) bond motifs is 2. The summed E-state index contributed by atoms with van der Waals surface area (Å²) in [5, 5.41) is 2.96. The molecule has 2 aliphatic rings. The SMILES string of the molecule is CC(C)C(CC(=O)Nc1ccc2c(c1)OCO2)c1ccc2c(c1)OCCO2. The van der Waals surface area contributed by atoms with Crippen molar-refractivity contribution >= 4 is 11.6 Å². The Morgan fingerprint density at radius 2 is 1.59 bits per heavy atom. The second kappa shape index (κ2) is 7.39. The Hall–Kier alpha value is -2.89. The summed E-state index contributed by atoms with van der Waals surface area (Å²) in [6.45, 7) is 5.57. The molecular formula is C21H23NO5. The molecule has 0 radical (unpaired) electrons. The van der Waals surface area contributed by atoms with Gasteiger partial charge >= 0.3 is 0 Å². The van der Waals surface area contributed by atoms with E-state index < -0.39 is 0 Å². The molecule has 0 fully saturated rings. The minimum Gasteiger partial charge on any atom is -0.486 e. The summed E-state index contributed by atoms with van der Waals surface area (Å²) in [5.41, 5.74) is 1.78. The third kappa shape index (κ3) is 3.79. The van der Waals surface area contributed by atoms with Crippen molar-refractivity contribution in [3.05, 3.63) is 42.0 Å². The highest BCUT2D eigenvalue weighted by molar-refractivity contribution is 5.91. The molecule has 1 atom stereocenters. The van der Waals surface area contributed by atoms with E-state index in [1.54, 1.807) is 12.1 Å². The third-order valence-corrected chi connectivity index (χ3v) is 4.86. The topological polar surface area (TPSA) is 66.0 Å². The molecule has 142 valence electrons. The molecule has 4 rings (SSSR count). The lowest BCUT2D eigenvalue weighted by atomic mass is 9.85. The van der Waals surface area contributed by atoms with Crippen LogP contribution in [0, 0.1) is 5.92 Å². The van der Waals surface area contributed by atoms with Crippen molar-refractivity contribution < 1.29 is 23.7 Å². The van der Waals surface area contributed by atoms with Gasteiger partial charge in [-0.25, -0.2) is 0 Å². The van der Waals surface area contributed by atoms with E-state index in [9.17, 15) is 4.79 Å². The Morgan fingerprint density at radius 1 is 0.926 bits per heavy atom. The quantitative estimate of drug-likeness (QED) is 0.864. The minimum absolute atomic E-state index is 0.0394. The van der Waals surface area contributed by atoms with E-state index >= 15 is 0 Å². The number of nitrogens with one attached hydrogen (secondary N) is 1. The van der Waals surface area contributed by atoms with Gasteiger partial charge in [0.25, 0.3) is 0 Å². The lowest BCUT2D eigenvalue weighted by Gasteiger charge is -2.24. The maximum absolute atomic E-state index is 12.7. The smallest absolute Gasteiger partial charge is 0.231 e. The van der Waals surface area contributed by atoms with Gasteiger partial charge in [-0.1, -0.05) is 19.9 Å². The first kappa shape index (κ1) is 17.5. The standard InChI is InChI=1S/C21H23NO5/c1-13(2)16(14-3-5-17-19(9-14)25-8-7-24-17)11-21(23)22-15-4-6-18-20(10-15)27-12-26-18/h3-6,9-10,13,16H,7-8,11-12H2,1-2H3,(H,22,23). The van der Waals surface area contributed by atoms with Crippen LogP contribution in [-0.4, -0.2) is 25.9 Å². The van der Waals surface area contributed by atoms with Crippen molar-refractivity contribution in [1.29, 1.82) is 0 Å². The number of benzene rings is 2. The van der Waals surface area contributed by atoms with Gasteiger partial charge in [0.2, 0.25) is 12.7 Å². The zero-order chi connectivity index (χ0) is 18.8. The zero-order valence-electron chi connectivity index (χ0n) is 15.5. The Labute approximate surface area is 158 Å². The molecule has 0 aromatic heterocycles. The van der Waals surface area contributed by atoms with Crippen molar-refractivity contribution in [2.24, 2.45) is 5.92 Å². The van der Waals surface area contributed by atoms with Crippen molar-refractivity contribution in [3.63, 3.8) is 0 Å². The number of hydrogen-bond donors (Lipinski definition) is 1. The van der Waals surface area contributed by atoms with E-state index in [-0.39, 0.29) is 18.6 Å². The lowest BCUT2D eigenvalue weighted by molar-refractivity contribution is -0.116. The van der Waals surface area contributed by atoms with Crippen LogP contribution in [0.5, 0.6) is 23.0 Å². The molecule has 0 bridgehead atoms. The van der Waals surface area contributed by atoms with Crippen molar-refractivity contribution in [2.75, 3.05) is 25.3 Å². The molecule has 2 heterocycles. The summed E-state index contributed by atoms with van der Waals surface area (Å²) >= 11 is 0. The van der Waals surface area contributed by atoms with E-state index in [0.717, 1.165) is 17.1 Å². The van der Waals surface area contributed by atoms with E-state index in [0.29, 0.717) is 42.7 Å². The fourth-order valence-electron chi connectivity index (χ4n) is 3.42. The molecule has 1 unspecified atom stereocenters. The summed E-state index contributed by atoms with van der Waals surface area (Å²) in [5.74, 6) is 3.20. The Balaban J connectivity index is 1.47. The largest absolute Gasteiger partial charge is 0.486 e. The molecule has 2 aromatic rings. The van der Waals surface area contributed by atoms with Crippen LogP contribution >= 0.6 is 0 Å². The van der Waals surface area contributed by atoms with Crippen molar-refractivity contribution in [3.8, 4) is 23.0 Å². The first-order chi connectivity index (χ1) is 13.1. The zero-order valence-corrected chi connectivity index (χ0v) is 15.5. The molecule has 6 nitrogen and oxygen atoms in total. The molecule has 2 aliphatic heterocycles. The van der Waals surface area contributed by atoms with Crippen molar-refractivity contribution in [1.82, 2.24) is 0 Å². The molecular weight excluding hydrogens is 346 g/mol. The van der Waals surface area contributed by atoms with Gasteiger partial charge in [-0.05, 0) is 41.7 Å².